The molecule has 0 aliphatic rings. The highest BCUT2D eigenvalue weighted by atomic mass is 31.2. The third kappa shape index (κ3) is 26.7. The summed E-state index contributed by atoms with van der Waals surface area (Å²) in [6.45, 7) is 4.97. The van der Waals surface area contributed by atoms with Crippen LogP contribution in [0.5, 0.6) is 0 Å². The van der Waals surface area contributed by atoms with Gasteiger partial charge in [0, 0.05) is 6.54 Å². The third-order valence-electron chi connectivity index (χ3n) is 6.39. The maximum Gasteiger partial charge on any atom is 0.407 e. The summed E-state index contributed by atoms with van der Waals surface area (Å²) in [6, 6.07) is 0. The minimum Gasteiger partial charge on any atom is -0.756 e. The second-order valence-electron chi connectivity index (χ2n) is 11.2. The van der Waals surface area contributed by atoms with Crippen molar-refractivity contribution in [3.05, 3.63) is 0 Å². The number of hydrogen-bond donors (Lipinski definition) is 1. The van der Waals surface area contributed by atoms with Gasteiger partial charge in [-0.1, -0.05) is 110 Å². The fraction of sp³-hybridized carbons (Fsp3) is 0.964. The van der Waals surface area contributed by atoms with Gasteiger partial charge < -0.3 is 28.5 Å². The number of ether oxygens (including phenoxy) is 1. The van der Waals surface area contributed by atoms with Crippen molar-refractivity contribution >= 4 is 13.9 Å². The monoisotopic (exact) mass is 550 g/mol. The van der Waals surface area contributed by atoms with Gasteiger partial charge in [0.25, 0.3) is 7.82 Å². The zero-order chi connectivity index (χ0) is 27.8. The van der Waals surface area contributed by atoms with Gasteiger partial charge in [0.2, 0.25) is 0 Å². The lowest BCUT2D eigenvalue weighted by Crippen LogP contribution is -2.37. The molecule has 0 radical (unpaired) electrons. The van der Waals surface area contributed by atoms with Crippen LogP contribution in [0.1, 0.15) is 123 Å². The number of rotatable bonds is 26. The first-order valence-corrected chi connectivity index (χ1v) is 16.4. The topological polar surface area (TPSA) is 96.9 Å². The number of amides is 1. The van der Waals surface area contributed by atoms with Gasteiger partial charge in [0.05, 0.1) is 21.1 Å². The molecule has 37 heavy (non-hydrogen) atoms. The number of carbonyl (C=O) groups excluding carboxylic acids is 1. The molecule has 222 valence electrons. The Bertz CT molecular complexity index is 586. The average molecular weight is 551 g/mol. The zero-order valence-corrected chi connectivity index (χ0v) is 25.7. The zero-order valence-electron chi connectivity index (χ0n) is 24.8. The molecule has 1 N–H and O–H groups in total. The molecule has 2 atom stereocenters. The first kappa shape index (κ1) is 36.3. The summed E-state index contributed by atoms with van der Waals surface area (Å²) in [5.41, 5.74) is 0. The molecule has 0 aromatic heterocycles. The maximum absolute atomic E-state index is 12.3. The molecule has 0 saturated heterocycles. The van der Waals surface area contributed by atoms with Gasteiger partial charge >= 0.3 is 6.09 Å². The normalized spacial score (nSPS) is 14.3. The Labute approximate surface area is 228 Å². The molecule has 0 bridgehead atoms. The highest BCUT2D eigenvalue weighted by molar-refractivity contribution is 7.45. The number of alkyl carbamates (subject to hydrolysis) is 1. The Morgan fingerprint density at radius 3 is 1.70 bits per heavy atom. The summed E-state index contributed by atoms with van der Waals surface area (Å²) >= 11 is 0. The largest absolute Gasteiger partial charge is 0.756 e. The molecular weight excluding hydrogens is 491 g/mol. The smallest absolute Gasteiger partial charge is 0.407 e. The first-order chi connectivity index (χ1) is 17.6. The predicted molar refractivity (Wildman–Crippen MR) is 151 cm³/mol. The molecule has 0 heterocycles. The van der Waals surface area contributed by atoms with Crippen LogP contribution in [0.4, 0.5) is 4.79 Å². The molecule has 0 aromatic carbocycles. The van der Waals surface area contributed by atoms with Crippen LogP contribution in [-0.4, -0.2) is 64.1 Å². The molecule has 0 fully saturated rings. The molecule has 1 amide bonds. The highest BCUT2D eigenvalue weighted by Gasteiger charge is 2.21. The highest BCUT2D eigenvalue weighted by Crippen LogP contribution is 2.40. The maximum atomic E-state index is 12.3. The quantitative estimate of drug-likeness (QED) is 0.0710. The molecule has 0 aliphatic heterocycles. The number of hydrogen-bond acceptors (Lipinski definition) is 6. The standard InChI is InChI=1S/C28H59N2O6P/c1-6-8-9-10-11-12-13-14-15-16-17-18-19-20-21-22-23-27(26-34-28(31)29-7-2)36-37(32,33)35-25-24-30(3,4)5/h27H,6-26H2,1-5H3,(H-,29,31,32,33). The van der Waals surface area contributed by atoms with E-state index in [-0.39, 0.29) is 13.2 Å². The lowest BCUT2D eigenvalue weighted by Gasteiger charge is -2.30. The Hall–Kier alpha value is -0.660. The Kier molecular flexibility index (Phi) is 22.8. The van der Waals surface area contributed by atoms with E-state index in [0.29, 0.717) is 24.0 Å². The summed E-state index contributed by atoms with van der Waals surface area (Å²) in [6.07, 6.45) is 19.6. The molecule has 0 rings (SSSR count). The summed E-state index contributed by atoms with van der Waals surface area (Å²) in [7, 11) is 1.40. The van der Waals surface area contributed by atoms with Crippen LogP contribution < -0.4 is 10.2 Å². The fourth-order valence-electron chi connectivity index (χ4n) is 4.09. The number of unbranched alkanes of at least 4 members (excludes halogenated alkanes) is 15. The van der Waals surface area contributed by atoms with E-state index in [9.17, 15) is 14.3 Å². The van der Waals surface area contributed by atoms with Gasteiger partial charge in [-0.2, -0.15) is 0 Å². The Balaban J connectivity index is 4.02. The molecule has 0 spiro atoms. The van der Waals surface area contributed by atoms with E-state index >= 15 is 0 Å². The van der Waals surface area contributed by atoms with Gasteiger partial charge in [0.1, 0.15) is 25.9 Å². The van der Waals surface area contributed by atoms with Crippen LogP contribution in [0.3, 0.4) is 0 Å². The van der Waals surface area contributed by atoms with Crippen molar-refractivity contribution in [2.45, 2.75) is 129 Å². The van der Waals surface area contributed by atoms with Crippen molar-refractivity contribution in [2.24, 2.45) is 0 Å². The lowest BCUT2D eigenvalue weighted by molar-refractivity contribution is -0.870. The number of carbonyl (C=O) groups is 1. The number of nitrogens with one attached hydrogen (secondary N) is 1. The molecule has 8 nitrogen and oxygen atoms in total. The summed E-state index contributed by atoms with van der Waals surface area (Å²) in [4.78, 5) is 23.9. The van der Waals surface area contributed by atoms with Crippen molar-refractivity contribution in [3.63, 3.8) is 0 Å². The molecule has 0 aliphatic carbocycles. The molecule has 0 aromatic rings. The van der Waals surface area contributed by atoms with Crippen LogP contribution in [-0.2, 0) is 18.3 Å². The van der Waals surface area contributed by atoms with E-state index in [1.807, 2.05) is 21.1 Å². The number of phosphoric acid groups is 1. The molecule has 9 heteroatoms. The van der Waals surface area contributed by atoms with Crippen molar-refractivity contribution < 1.29 is 32.5 Å². The number of nitrogens with zero attached hydrogens (tertiary/aromatic N) is 1. The van der Waals surface area contributed by atoms with Crippen molar-refractivity contribution in [1.29, 1.82) is 0 Å². The van der Waals surface area contributed by atoms with Crippen molar-refractivity contribution in [3.8, 4) is 0 Å². The number of likely N-dealkylation sites (N-methyl/N-ethyl adjacent to an activating group) is 1. The average Bonchev–Trinajstić information content (AvgIpc) is 2.81. The fourth-order valence-corrected chi connectivity index (χ4v) is 4.99. The van der Waals surface area contributed by atoms with E-state index < -0.39 is 20.0 Å². The summed E-state index contributed by atoms with van der Waals surface area (Å²) in [5.74, 6) is 0. The van der Waals surface area contributed by atoms with E-state index in [1.165, 1.54) is 83.5 Å². The Morgan fingerprint density at radius 1 is 0.811 bits per heavy atom. The summed E-state index contributed by atoms with van der Waals surface area (Å²) < 4.78 is 28.3. The summed E-state index contributed by atoms with van der Waals surface area (Å²) in [5, 5.41) is 2.54. The molecule has 0 saturated carbocycles. The molecule has 2 unspecified atom stereocenters. The van der Waals surface area contributed by atoms with Gasteiger partial charge in [0.15, 0.2) is 0 Å². The minimum absolute atomic E-state index is 0.0488. The van der Waals surface area contributed by atoms with E-state index in [4.69, 9.17) is 13.8 Å². The van der Waals surface area contributed by atoms with Crippen LogP contribution in [0, 0.1) is 0 Å². The van der Waals surface area contributed by atoms with Gasteiger partial charge in [-0.25, -0.2) is 4.79 Å². The van der Waals surface area contributed by atoms with E-state index in [2.05, 4.69) is 12.2 Å². The van der Waals surface area contributed by atoms with Crippen LogP contribution in [0.15, 0.2) is 0 Å². The Morgan fingerprint density at radius 2 is 1.27 bits per heavy atom. The van der Waals surface area contributed by atoms with Crippen molar-refractivity contribution in [1.82, 2.24) is 5.32 Å². The van der Waals surface area contributed by atoms with Crippen LogP contribution in [0.25, 0.3) is 0 Å². The first-order valence-electron chi connectivity index (χ1n) is 14.9. The van der Waals surface area contributed by atoms with Gasteiger partial charge in [-0.15, -0.1) is 0 Å². The van der Waals surface area contributed by atoms with Crippen LogP contribution in [0.2, 0.25) is 0 Å². The molecular formula is C28H59N2O6P. The van der Waals surface area contributed by atoms with Gasteiger partial charge in [-0.3, -0.25) is 4.57 Å². The number of phosphoric ester groups is 1. The third-order valence-corrected chi connectivity index (χ3v) is 7.45. The minimum atomic E-state index is -4.47. The van der Waals surface area contributed by atoms with Crippen molar-refractivity contribution in [2.75, 3.05) is 47.4 Å². The van der Waals surface area contributed by atoms with E-state index in [0.717, 1.165) is 19.3 Å². The lowest BCUT2D eigenvalue weighted by atomic mass is 10.0. The van der Waals surface area contributed by atoms with E-state index in [1.54, 1.807) is 6.92 Å². The second kappa shape index (κ2) is 23.2. The second-order valence-corrected chi connectivity index (χ2v) is 12.6. The SMILES string of the molecule is CCCCCCCCCCCCCCCCCCC(COC(=O)NCC)OP(=O)([O-])OCC[N+](C)(C)C. The van der Waals surface area contributed by atoms with Gasteiger partial charge in [-0.05, 0) is 13.3 Å². The van der Waals surface area contributed by atoms with Crippen LogP contribution >= 0.6 is 7.82 Å². The number of quaternary nitrogens is 1. The predicted octanol–water partition coefficient (Wildman–Crippen LogP) is 6.96.